The molecule has 3 aliphatic rings. The summed E-state index contributed by atoms with van der Waals surface area (Å²) in [5.41, 5.74) is 2.74. The molecule has 0 spiro atoms. The van der Waals surface area contributed by atoms with Crippen molar-refractivity contribution in [3.05, 3.63) is 40.8 Å². The quantitative estimate of drug-likeness (QED) is 0.588. The highest BCUT2D eigenvalue weighted by Gasteiger charge is 2.48. The number of anilines is 2. The average molecular weight is 494 g/mol. The molecule has 2 fully saturated rings. The molecule has 35 heavy (non-hydrogen) atoms. The molecule has 1 N–H and O–H groups in total. The van der Waals surface area contributed by atoms with E-state index in [0.29, 0.717) is 13.0 Å². The summed E-state index contributed by atoms with van der Waals surface area (Å²) in [5, 5.41) is 4.74. The fraction of sp³-hybridized carbons (Fsp3) is 0.519. The molecule has 3 aliphatic heterocycles. The molecule has 0 radical (unpaired) electrons. The number of likely N-dealkylation sites (tertiary alicyclic amines) is 1. The van der Waals surface area contributed by atoms with E-state index in [1.54, 1.807) is 11.3 Å². The number of para-hydroxylation sites is 2. The average Bonchev–Trinajstić information content (AvgIpc) is 3.29. The molecule has 2 amide bonds. The van der Waals surface area contributed by atoms with E-state index < -0.39 is 5.41 Å². The number of rotatable bonds is 6. The molecule has 0 saturated carbocycles. The summed E-state index contributed by atoms with van der Waals surface area (Å²) in [5.74, 6) is 1.09. The summed E-state index contributed by atoms with van der Waals surface area (Å²) < 4.78 is 0. The minimum Gasteiger partial charge on any atom is -0.353 e. The van der Waals surface area contributed by atoms with Gasteiger partial charge in [-0.05, 0) is 50.9 Å². The van der Waals surface area contributed by atoms with Gasteiger partial charge in [-0.2, -0.15) is 0 Å². The van der Waals surface area contributed by atoms with Crippen molar-refractivity contribution < 1.29 is 9.59 Å². The Balaban J connectivity index is 1.20. The lowest BCUT2D eigenvalue weighted by Gasteiger charge is -2.36. The van der Waals surface area contributed by atoms with Crippen LogP contribution in [0.5, 0.6) is 0 Å². The maximum absolute atomic E-state index is 12.9. The zero-order valence-electron chi connectivity index (χ0n) is 21.0. The summed E-state index contributed by atoms with van der Waals surface area (Å²) in [7, 11) is 0. The number of amidine groups is 1. The molecule has 1 aromatic carbocycles. The highest BCUT2D eigenvalue weighted by Crippen LogP contribution is 2.40. The van der Waals surface area contributed by atoms with Gasteiger partial charge in [0.1, 0.15) is 10.8 Å². The van der Waals surface area contributed by atoms with Gasteiger partial charge in [-0.15, -0.1) is 11.3 Å². The number of amides is 2. The first-order chi connectivity index (χ1) is 16.9. The van der Waals surface area contributed by atoms with Gasteiger partial charge in [0.2, 0.25) is 11.8 Å². The van der Waals surface area contributed by atoms with Crippen LogP contribution in [-0.4, -0.2) is 71.6 Å². The predicted molar refractivity (Wildman–Crippen MR) is 142 cm³/mol. The zero-order valence-corrected chi connectivity index (χ0v) is 21.8. The molecular formula is C27H35N5O2S. The minimum absolute atomic E-state index is 0.00523. The van der Waals surface area contributed by atoms with Gasteiger partial charge in [0.25, 0.3) is 0 Å². The summed E-state index contributed by atoms with van der Waals surface area (Å²) >= 11 is 1.77. The maximum atomic E-state index is 12.9. The minimum atomic E-state index is -0.464. The van der Waals surface area contributed by atoms with Gasteiger partial charge in [0.15, 0.2) is 0 Å². The van der Waals surface area contributed by atoms with E-state index in [0.717, 1.165) is 74.2 Å². The summed E-state index contributed by atoms with van der Waals surface area (Å²) in [4.78, 5) is 38.1. The fourth-order valence-corrected chi connectivity index (χ4v) is 6.43. The van der Waals surface area contributed by atoms with Gasteiger partial charge in [0, 0.05) is 44.0 Å². The molecule has 7 nitrogen and oxygen atoms in total. The number of hydrogen-bond donors (Lipinski definition) is 1. The normalized spacial score (nSPS) is 19.8. The Morgan fingerprint density at radius 3 is 2.51 bits per heavy atom. The molecule has 2 aromatic rings. The third-order valence-electron chi connectivity index (χ3n) is 7.85. The predicted octanol–water partition coefficient (Wildman–Crippen LogP) is 4.76. The van der Waals surface area contributed by atoms with Gasteiger partial charge >= 0.3 is 0 Å². The van der Waals surface area contributed by atoms with E-state index in [9.17, 15) is 9.59 Å². The molecule has 0 unspecified atom stereocenters. The number of imide groups is 1. The number of carbonyl (C=O) groups excluding carboxylic acids is 2. The Hall–Kier alpha value is -2.71. The topological polar surface area (TPSA) is 68.2 Å². The number of nitrogens with one attached hydrogen (secondary N) is 1. The van der Waals surface area contributed by atoms with Crippen LogP contribution in [0.4, 0.5) is 16.4 Å². The van der Waals surface area contributed by atoms with Gasteiger partial charge in [0.05, 0.1) is 22.4 Å². The summed E-state index contributed by atoms with van der Waals surface area (Å²) in [6.07, 6.45) is 2.68. The molecule has 4 heterocycles. The zero-order chi connectivity index (χ0) is 24.6. The number of fused-ring (bicyclic) bond motifs is 2. The monoisotopic (exact) mass is 493 g/mol. The van der Waals surface area contributed by atoms with Crippen LogP contribution in [0, 0.1) is 12.3 Å². The van der Waals surface area contributed by atoms with Crippen molar-refractivity contribution in [2.45, 2.75) is 46.5 Å². The number of aliphatic imine (C=N–C) groups is 1. The smallest absolute Gasteiger partial charge is 0.235 e. The summed E-state index contributed by atoms with van der Waals surface area (Å²) in [6.45, 7) is 11.3. The number of nitrogens with zero attached hydrogens (tertiary/aromatic N) is 4. The van der Waals surface area contributed by atoms with E-state index in [1.807, 2.05) is 26.0 Å². The van der Waals surface area contributed by atoms with E-state index in [4.69, 9.17) is 4.99 Å². The van der Waals surface area contributed by atoms with Crippen molar-refractivity contribution in [3.8, 4) is 0 Å². The number of carbonyl (C=O) groups is 2. The first-order valence-corrected chi connectivity index (χ1v) is 13.6. The second-order valence-electron chi connectivity index (χ2n) is 9.87. The highest BCUT2D eigenvalue weighted by atomic mass is 32.1. The van der Waals surface area contributed by atoms with Crippen LogP contribution in [0.25, 0.3) is 0 Å². The lowest BCUT2D eigenvalue weighted by atomic mass is 9.81. The molecule has 0 bridgehead atoms. The third kappa shape index (κ3) is 4.49. The number of thiophene rings is 1. The molecule has 0 aliphatic carbocycles. The standard InChI is InChI=1S/C27H35N5O2S/c1-4-27(5-2)18-23(33)32(26(27)34)12-8-11-30-13-15-31(16-14-30)24-20-17-19(3)35-25(20)29-22-10-7-6-9-21(22)28-24/h6-7,9-10,17,29H,4-5,8,11-16,18H2,1-3H3. The van der Waals surface area contributed by atoms with Crippen LogP contribution in [-0.2, 0) is 9.59 Å². The van der Waals surface area contributed by atoms with E-state index >= 15 is 0 Å². The van der Waals surface area contributed by atoms with Crippen LogP contribution in [0.1, 0.15) is 50.0 Å². The number of aryl methyl sites for hydroxylation is 1. The van der Waals surface area contributed by atoms with Crippen molar-refractivity contribution in [2.24, 2.45) is 10.4 Å². The van der Waals surface area contributed by atoms with Gasteiger partial charge < -0.3 is 10.2 Å². The highest BCUT2D eigenvalue weighted by molar-refractivity contribution is 7.16. The van der Waals surface area contributed by atoms with E-state index in [2.05, 4.69) is 40.2 Å². The first kappa shape index (κ1) is 24.0. The molecule has 8 heteroatoms. The van der Waals surface area contributed by atoms with Crippen molar-refractivity contribution in [3.63, 3.8) is 0 Å². The van der Waals surface area contributed by atoms with E-state index in [-0.39, 0.29) is 11.8 Å². The Labute approximate surface area is 211 Å². The largest absolute Gasteiger partial charge is 0.353 e. The van der Waals surface area contributed by atoms with Crippen molar-refractivity contribution >= 4 is 45.4 Å². The molecule has 1 aromatic heterocycles. The Kier molecular flexibility index (Phi) is 6.68. The lowest BCUT2D eigenvalue weighted by molar-refractivity contribution is -0.141. The second kappa shape index (κ2) is 9.74. The Morgan fingerprint density at radius 1 is 1.06 bits per heavy atom. The van der Waals surface area contributed by atoms with Gasteiger partial charge in [-0.25, -0.2) is 4.99 Å². The van der Waals surface area contributed by atoms with E-state index in [1.165, 1.54) is 15.3 Å². The lowest BCUT2D eigenvalue weighted by Crippen LogP contribution is -2.49. The van der Waals surface area contributed by atoms with Crippen LogP contribution in [0.15, 0.2) is 35.3 Å². The number of piperazine rings is 1. The van der Waals surface area contributed by atoms with Gasteiger partial charge in [-0.3, -0.25) is 19.4 Å². The van der Waals surface area contributed by atoms with Crippen LogP contribution in [0.2, 0.25) is 0 Å². The second-order valence-corrected chi connectivity index (χ2v) is 11.1. The maximum Gasteiger partial charge on any atom is 0.235 e. The van der Waals surface area contributed by atoms with Crippen LogP contribution >= 0.6 is 11.3 Å². The fourth-order valence-electron chi connectivity index (χ4n) is 5.51. The first-order valence-electron chi connectivity index (χ1n) is 12.8. The SMILES string of the molecule is CCC1(CC)CC(=O)N(CCCN2CCN(C3=Nc4ccccc4Nc4sc(C)cc43)CC2)C1=O. The van der Waals surface area contributed by atoms with Crippen LogP contribution < -0.4 is 5.32 Å². The number of hydrogen-bond acceptors (Lipinski definition) is 7. The Bertz CT molecular complexity index is 1140. The molecular weight excluding hydrogens is 458 g/mol. The van der Waals surface area contributed by atoms with Crippen molar-refractivity contribution in [1.82, 2.24) is 14.7 Å². The molecule has 2 saturated heterocycles. The molecule has 0 atom stereocenters. The number of benzene rings is 1. The Morgan fingerprint density at radius 2 is 1.80 bits per heavy atom. The van der Waals surface area contributed by atoms with Gasteiger partial charge in [-0.1, -0.05) is 26.0 Å². The van der Waals surface area contributed by atoms with Crippen molar-refractivity contribution in [2.75, 3.05) is 44.6 Å². The summed E-state index contributed by atoms with van der Waals surface area (Å²) in [6, 6.07) is 10.5. The molecule has 186 valence electrons. The van der Waals surface area contributed by atoms with Crippen LogP contribution in [0.3, 0.4) is 0 Å². The molecule has 5 rings (SSSR count). The third-order valence-corrected chi connectivity index (χ3v) is 8.81. The van der Waals surface area contributed by atoms with Crippen molar-refractivity contribution in [1.29, 1.82) is 0 Å².